The van der Waals surface area contributed by atoms with Gasteiger partial charge in [0.25, 0.3) is 0 Å². The van der Waals surface area contributed by atoms with E-state index in [-0.39, 0.29) is 6.10 Å². The first-order chi connectivity index (χ1) is 7.24. The zero-order valence-corrected chi connectivity index (χ0v) is 8.91. The monoisotopic (exact) mass is 226 g/mol. The van der Waals surface area contributed by atoms with Crippen LogP contribution in [-0.4, -0.2) is 21.9 Å². The number of ether oxygens (including phenoxy) is 1. The zero-order valence-electron chi connectivity index (χ0n) is 8.15. The molecular weight excluding hydrogens is 216 g/mol. The summed E-state index contributed by atoms with van der Waals surface area (Å²) >= 11 is 5.65. The van der Waals surface area contributed by atoms with Crippen LogP contribution >= 0.6 is 11.6 Å². The first-order valence-electron chi connectivity index (χ1n) is 4.90. The number of hydrogen-bond acceptors (Lipinski definition) is 4. The number of carbonyl (C=O) groups excluding carboxylic acids is 1. The minimum atomic E-state index is 0.0591. The largest absolute Gasteiger partial charge is 0.460 e. The SMILES string of the molecule is O=C1CCC(Oc2ncc(Cl)cn2)CC1. The molecule has 0 saturated heterocycles. The molecule has 1 aromatic heterocycles. The minimum absolute atomic E-state index is 0.0591. The predicted molar refractivity (Wildman–Crippen MR) is 54.9 cm³/mol. The molecule has 0 bridgehead atoms. The molecule has 0 amide bonds. The maximum absolute atomic E-state index is 11.0. The van der Waals surface area contributed by atoms with E-state index < -0.39 is 0 Å². The molecule has 0 spiro atoms. The van der Waals surface area contributed by atoms with Crippen LogP contribution in [0.4, 0.5) is 0 Å². The molecule has 0 radical (unpaired) electrons. The van der Waals surface area contributed by atoms with Gasteiger partial charge in [0.15, 0.2) is 0 Å². The van der Waals surface area contributed by atoms with Crippen molar-refractivity contribution in [3.8, 4) is 6.01 Å². The van der Waals surface area contributed by atoms with Gasteiger partial charge in [-0.2, -0.15) is 0 Å². The molecule has 1 saturated carbocycles. The Morgan fingerprint density at radius 1 is 1.27 bits per heavy atom. The van der Waals surface area contributed by atoms with Crippen molar-refractivity contribution in [1.29, 1.82) is 0 Å². The lowest BCUT2D eigenvalue weighted by atomic mass is 9.97. The number of carbonyl (C=O) groups is 1. The van der Waals surface area contributed by atoms with Crippen LogP contribution in [0.1, 0.15) is 25.7 Å². The molecule has 80 valence electrons. The lowest BCUT2D eigenvalue weighted by Crippen LogP contribution is -2.24. The molecule has 1 aromatic rings. The van der Waals surface area contributed by atoms with Gasteiger partial charge in [-0.05, 0) is 12.8 Å². The molecule has 1 fully saturated rings. The van der Waals surface area contributed by atoms with E-state index in [0.29, 0.717) is 29.7 Å². The lowest BCUT2D eigenvalue weighted by molar-refractivity contribution is -0.121. The summed E-state index contributed by atoms with van der Waals surface area (Å²) in [6.07, 6.45) is 5.76. The highest BCUT2D eigenvalue weighted by molar-refractivity contribution is 6.30. The van der Waals surface area contributed by atoms with Gasteiger partial charge in [0.2, 0.25) is 0 Å². The average molecular weight is 227 g/mol. The molecule has 15 heavy (non-hydrogen) atoms. The highest BCUT2D eigenvalue weighted by atomic mass is 35.5. The quantitative estimate of drug-likeness (QED) is 0.774. The molecule has 0 aliphatic heterocycles. The molecule has 2 rings (SSSR count). The summed E-state index contributed by atoms with van der Waals surface area (Å²) in [7, 11) is 0. The van der Waals surface area contributed by atoms with Crippen LogP contribution in [0.25, 0.3) is 0 Å². The van der Waals surface area contributed by atoms with Gasteiger partial charge in [-0.25, -0.2) is 9.97 Å². The minimum Gasteiger partial charge on any atom is -0.460 e. The second kappa shape index (κ2) is 4.57. The topological polar surface area (TPSA) is 52.1 Å². The Morgan fingerprint density at radius 2 is 1.87 bits per heavy atom. The Kier molecular flexibility index (Phi) is 3.16. The van der Waals surface area contributed by atoms with Crippen molar-refractivity contribution in [2.45, 2.75) is 31.8 Å². The van der Waals surface area contributed by atoms with E-state index in [4.69, 9.17) is 16.3 Å². The van der Waals surface area contributed by atoms with Crippen LogP contribution in [0, 0.1) is 0 Å². The predicted octanol–water partition coefficient (Wildman–Crippen LogP) is 2.02. The number of ketones is 1. The summed E-state index contributed by atoms with van der Waals surface area (Å²) < 4.78 is 5.53. The molecule has 4 nitrogen and oxygen atoms in total. The Labute approximate surface area is 92.6 Å². The third-order valence-corrected chi connectivity index (χ3v) is 2.55. The summed E-state index contributed by atoms with van der Waals surface area (Å²) in [5.74, 6) is 0.312. The van der Waals surface area contributed by atoms with E-state index in [1.165, 1.54) is 12.4 Å². The highest BCUT2D eigenvalue weighted by Gasteiger charge is 2.20. The van der Waals surface area contributed by atoms with Crippen LogP contribution in [0.3, 0.4) is 0 Å². The van der Waals surface area contributed by atoms with E-state index in [9.17, 15) is 4.79 Å². The molecular formula is C10H11ClN2O2. The molecule has 0 aromatic carbocycles. The summed E-state index contributed by atoms with van der Waals surface area (Å²) in [5, 5.41) is 0.487. The van der Waals surface area contributed by atoms with Gasteiger partial charge in [0, 0.05) is 12.8 Å². The fourth-order valence-corrected chi connectivity index (χ4v) is 1.64. The van der Waals surface area contributed by atoms with Crippen LogP contribution in [-0.2, 0) is 4.79 Å². The normalized spacial score (nSPS) is 17.8. The van der Waals surface area contributed by atoms with Gasteiger partial charge < -0.3 is 4.74 Å². The van der Waals surface area contributed by atoms with Gasteiger partial charge >= 0.3 is 6.01 Å². The summed E-state index contributed by atoms with van der Waals surface area (Å²) in [4.78, 5) is 18.9. The van der Waals surface area contributed by atoms with E-state index in [1.54, 1.807) is 0 Å². The van der Waals surface area contributed by atoms with Gasteiger partial charge in [-0.15, -0.1) is 0 Å². The van der Waals surface area contributed by atoms with E-state index >= 15 is 0 Å². The summed E-state index contributed by atoms with van der Waals surface area (Å²) in [5.41, 5.74) is 0. The van der Waals surface area contributed by atoms with Crippen molar-refractivity contribution >= 4 is 17.4 Å². The Balaban J connectivity index is 1.91. The molecule has 0 unspecified atom stereocenters. The maximum atomic E-state index is 11.0. The number of rotatable bonds is 2. The smallest absolute Gasteiger partial charge is 0.316 e. The van der Waals surface area contributed by atoms with E-state index in [0.717, 1.165) is 12.8 Å². The van der Waals surface area contributed by atoms with Crippen molar-refractivity contribution < 1.29 is 9.53 Å². The van der Waals surface area contributed by atoms with Crippen LogP contribution < -0.4 is 4.74 Å². The van der Waals surface area contributed by atoms with Gasteiger partial charge in [-0.3, -0.25) is 4.79 Å². The average Bonchev–Trinajstić information content (AvgIpc) is 2.25. The van der Waals surface area contributed by atoms with Gasteiger partial charge in [-0.1, -0.05) is 11.6 Å². The lowest BCUT2D eigenvalue weighted by Gasteiger charge is -2.20. The number of aromatic nitrogens is 2. The number of hydrogen-bond donors (Lipinski definition) is 0. The number of halogens is 1. The zero-order chi connectivity index (χ0) is 10.7. The first-order valence-corrected chi connectivity index (χ1v) is 5.28. The standard InChI is InChI=1S/C10H11ClN2O2/c11-7-5-12-10(13-6-7)15-9-3-1-8(14)2-4-9/h5-6,9H,1-4H2. The van der Waals surface area contributed by atoms with Crippen LogP contribution in [0.2, 0.25) is 5.02 Å². The van der Waals surface area contributed by atoms with E-state index in [1.807, 2.05) is 0 Å². The molecule has 1 aliphatic rings. The Morgan fingerprint density at radius 3 is 2.47 bits per heavy atom. The van der Waals surface area contributed by atoms with Gasteiger partial charge in [0.1, 0.15) is 11.9 Å². The maximum Gasteiger partial charge on any atom is 0.316 e. The van der Waals surface area contributed by atoms with Crippen molar-refractivity contribution in [3.05, 3.63) is 17.4 Å². The van der Waals surface area contributed by atoms with Crippen LogP contribution in [0.15, 0.2) is 12.4 Å². The third kappa shape index (κ3) is 2.89. The Hall–Kier alpha value is -1.16. The van der Waals surface area contributed by atoms with Crippen molar-refractivity contribution in [2.24, 2.45) is 0 Å². The fourth-order valence-electron chi connectivity index (χ4n) is 1.54. The van der Waals surface area contributed by atoms with Crippen molar-refractivity contribution in [3.63, 3.8) is 0 Å². The summed E-state index contributed by atoms with van der Waals surface area (Å²) in [6.45, 7) is 0. The first kappa shape index (κ1) is 10.4. The number of Topliss-reactive ketones (excluding diaryl/α,β-unsaturated/α-hetero) is 1. The summed E-state index contributed by atoms with van der Waals surface area (Å²) in [6, 6.07) is 0.332. The van der Waals surface area contributed by atoms with Crippen LogP contribution in [0.5, 0.6) is 6.01 Å². The molecule has 1 aliphatic carbocycles. The van der Waals surface area contributed by atoms with Crippen molar-refractivity contribution in [2.75, 3.05) is 0 Å². The third-order valence-electron chi connectivity index (χ3n) is 2.36. The second-order valence-electron chi connectivity index (χ2n) is 3.54. The molecule has 5 heteroatoms. The molecule has 1 heterocycles. The number of nitrogens with zero attached hydrogens (tertiary/aromatic N) is 2. The van der Waals surface area contributed by atoms with Gasteiger partial charge in [0.05, 0.1) is 17.4 Å². The fraction of sp³-hybridized carbons (Fsp3) is 0.500. The van der Waals surface area contributed by atoms with E-state index in [2.05, 4.69) is 9.97 Å². The second-order valence-corrected chi connectivity index (χ2v) is 3.98. The Bertz CT molecular complexity index is 343. The highest BCUT2D eigenvalue weighted by Crippen LogP contribution is 2.19. The van der Waals surface area contributed by atoms with Crippen molar-refractivity contribution in [1.82, 2.24) is 9.97 Å². The molecule has 0 atom stereocenters. The molecule has 0 N–H and O–H groups in total.